The molecule has 13 nitrogen and oxygen atoms in total. The highest BCUT2D eigenvalue weighted by molar-refractivity contribution is 5.81. The van der Waals surface area contributed by atoms with E-state index in [1.165, 1.54) is 0 Å². The molecule has 0 bridgehead atoms. The Balaban J connectivity index is 4.88. The fourth-order valence-corrected chi connectivity index (χ4v) is 3.07. The van der Waals surface area contributed by atoms with Crippen LogP contribution in [0.15, 0.2) is 0 Å². The summed E-state index contributed by atoms with van der Waals surface area (Å²) >= 11 is 0. The van der Waals surface area contributed by atoms with Gasteiger partial charge in [0.1, 0.15) is 36.6 Å². The lowest BCUT2D eigenvalue weighted by Gasteiger charge is -2.30. The lowest BCUT2D eigenvalue weighted by atomic mass is 9.97. The maximum atomic E-state index is 12.6. The van der Waals surface area contributed by atoms with Gasteiger partial charge in [-0.15, -0.1) is 0 Å². The number of amides is 1. The minimum Gasteiger partial charge on any atom is -0.394 e. The lowest BCUT2D eigenvalue weighted by Crippen LogP contribution is -2.54. The van der Waals surface area contributed by atoms with Crippen LogP contribution in [0, 0.1) is 0 Å². The van der Waals surface area contributed by atoms with Gasteiger partial charge in [0.05, 0.1) is 31.5 Å². The van der Waals surface area contributed by atoms with Crippen molar-refractivity contribution in [3.05, 3.63) is 0 Å². The smallest absolute Gasteiger partial charge is 0.237 e. The Bertz CT molecular complexity index is 549. The number of rotatable bonds is 16. The van der Waals surface area contributed by atoms with Gasteiger partial charge in [-0.1, -0.05) is 0 Å². The van der Waals surface area contributed by atoms with Gasteiger partial charge in [-0.2, -0.15) is 0 Å². The Morgan fingerprint density at radius 2 is 1.12 bits per heavy atom. The molecule has 33 heavy (non-hydrogen) atoms. The first-order valence-corrected chi connectivity index (χ1v) is 10.9. The molecule has 0 fully saturated rings. The van der Waals surface area contributed by atoms with Crippen molar-refractivity contribution in [3.8, 4) is 0 Å². The molecule has 0 spiro atoms. The molecule has 0 aromatic carbocycles. The largest absolute Gasteiger partial charge is 0.394 e. The van der Waals surface area contributed by atoms with Gasteiger partial charge in [0.15, 0.2) is 0 Å². The van der Waals surface area contributed by atoms with Gasteiger partial charge in [-0.25, -0.2) is 0 Å². The van der Waals surface area contributed by atoms with Crippen molar-refractivity contribution in [1.29, 1.82) is 0 Å². The number of carbonyl (C=O) groups excluding carboxylic acids is 1. The number of nitrogens with one attached hydrogen (secondary N) is 2. The van der Waals surface area contributed by atoms with Crippen LogP contribution in [-0.2, 0) is 4.79 Å². The topological polar surface area (TPSA) is 243 Å². The van der Waals surface area contributed by atoms with Crippen LogP contribution in [0.4, 0.5) is 0 Å². The molecule has 1 unspecified atom stereocenters. The fraction of sp³-hybridized carbons (Fsp3) is 0.950. The summed E-state index contributed by atoms with van der Waals surface area (Å²) in [6.07, 6.45) is -13.1. The summed E-state index contributed by atoms with van der Waals surface area (Å²) in [5.74, 6) is -0.556. The number of hydrogen-bond donors (Lipinski definition) is 12. The molecule has 0 aromatic heterocycles. The zero-order chi connectivity index (χ0) is 25.9. The normalized spacial score (nSPS) is 20.8. The van der Waals surface area contributed by atoms with Crippen LogP contribution in [0.5, 0.6) is 0 Å². The summed E-state index contributed by atoms with van der Waals surface area (Å²) in [6, 6.07) is -0.806. The summed E-state index contributed by atoms with van der Waals surface area (Å²) in [7, 11) is 0. The molecule has 0 rings (SSSR count). The van der Waals surface area contributed by atoms with E-state index in [2.05, 4.69) is 10.6 Å². The molecule has 0 saturated heterocycles. The summed E-state index contributed by atoms with van der Waals surface area (Å²) in [6.45, 7) is 3.35. The monoisotopic (exact) mass is 486 g/mol. The van der Waals surface area contributed by atoms with Crippen molar-refractivity contribution in [2.75, 3.05) is 19.8 Å². The minimum atomic E-state index is -1.82. The van der Waals surface area contributed by atoms with Crippen molar-refractivity contribution >= 4 is 5.91 Å². The Morgan fingerprint density at radius 1 is 0.697 bits per heavy atom. The molecular formula is C20H42N2O11. The van der Waals surface area contributed by atoms with Crippen molar-refractivity contribution in [3.63, 3.8) is 0 Å². The van der Waals surface area contributed by atoms with Crippen molar-refractivity contribution in [2.45, 2.75) is 100 Å². The van der Waals surface area contributed by atoms with Gasteiger partial charge in [-0.3, -0.25) is 4.79 Å². The Hall–Kier alpha value is -0.970. The molecule has 13 heteroatoms. The van der Waals surface area contributed by atoms with E-state index < -0.39 is 86.1 Å². The van der Waals surface area contributed by atoms with E-state index in [1.54, 1.807) is 0 Å². The van der Waals surface area contributed by atoms with Crippen LogP contribution in [0.1, 0.15) is 40.0 Å². The van der Waals surface area contributed by atoms with Crippen molar-refractivity contribution in [2.24, 2.45) is 0 Å². The van der Waals surface area contributed by atoms with E-state index in [0.29, 0.717) is 0 Å². The number of aliphatic hydroxyl groups excluding tert-OH is 10. The second-order valence-corrected chi connectivity index (χ2v) is 9.22. The summed E-state index contributed by atoms with van der Waals surface area (Å²) in [5.41, 5.74) is -0.499. The van der Waals surface area contributed by atoms with Crippen LogP contribution >= 0.6 is 0 Å². The molecule has 0 aliphatic carbocycles. The molecule has 0 heterocycles. The molecule has 0 aliphatic rings. The Morgan fingerprint density at radius 3 is 1.55 bits per heavy atom. The third-order valence-corrected chi connectivity index (χ3v) is 5.05. The van der Waals surface area contributed by atoms with Crippen molar-refractivity contribution < 1.29 is 55.9 Å². The van der Waals surface area contributed by atoms with Crippen molar-refractivity contribution in [1.82, 2.24) is 10.6 Å². The number of aliphatic hydroxyl groups is 10. The van der Waals surface area contributed by atoms with E-state index in [0.717, 1.165) is 0 Å². The van der Waals surface area contributed by atoms with Gasteiger partial charge in [0.25, 0.3) is 0 Å². The summed E-state index contributed by atoms with van der Waals surface area (Å²) in [4.78, 5) is 12.6. The highest BCUT2D eigenvalue weighted by Gasteiger charge is 2.32. The number of carbonyl (C=O) groups is 1. The third-order valence-electron chi connectivity index (χ3n) is 5.05. The summed E-state index contributed by atoms with van der Waals surface area (Å²) < 4.78 is 0. The Kier molecular flexibility index (Phi) is 14.7. The Labute approximate surface area is 193 Å². The first-order valence-electron chi connectivity index (χ1n) is 10.9. The molecule has 0 saturated carbocycles. The van der Waals surface area contributed by atoms with Crippen LogP contribution in [0.25, 0.3) is 0 Å². The van der Waals surface area contributed by atoms with Gasteiger partial charge < -0.3 is 61.7 Å². The average molecular weight is 487 g/mol. The molecule has 9 atom stereocenters. The van der Waals surface area contributed by atoms with E-state index in [-0.39, 0.29) is 19.3 Å². The van der Waals surface area contributed by atoms with Gasteiger partial charge >= 0.3 is 0 Å². The zero-order valence-electron chi connectivity index (χ0n) is 19.3. The first-order chi connectivity index (χ1) is 15.2. The predicted octanol–water partition coefficient (Wildman–Crippen LogP) is -5.10. The predicted molar refractivity (Wildman–Crippen MR) is 116 cm³/mol. The third kappa shape index (κ3) is 11.8. The molecule has 0 aromatic rings. The summed E-state index contributed by atoms with van der Waals surface area (Å²) in [5, 5.41) is 101. The maximum Gasteiger partial charge on any atom is 0.237 e. The maximum absolute atomic E-state index is 12.6. The fourth-order valence-electron chi connectivity index (χ4n) is 3.07. The average Bonchev–Trinajstić information content (AvgIpc) is 2.77. The second kappa shape index (κ2) is 15.1. The van der Waals surface area contributed by atoms with E-state index in [1.807, 2.05) is 20.8 Å². The highest BCUT2D eigenvalue weighted by atomic mass is 16.4. The quantitative estimate of drug-likeness (QED) is 0.0980. The molecule has 1 amide bonds. The van der Waals surface area contributed by atoms with Crippen LogP contribution in [-0.4, -0.2) is 137 Å². The standard InChI is InChI=1S/C20H42N2O11/c1-20(2,3)22-10(5-4-6-11(25)15(29)17(31)13(27)8-23)19(33)21-7-12(26)16(30)18(32)14(28)9-24/h10-18,22-32H,4-9H2,1-3H3,(H,21,33)/t10?,11-,12-,13+,14+,15+,16+,17+,18+/m0/s1. The molecule has 0 aliphatic heterocycles. The lowest BCUT2D eigenvalue weighted by molar-refractivity contribution is -0.128. The van der Waals surface area contributed by atoms with E-state index in [4.69, 9.17) is 10.2 Å². The molecular weight excluding hydrogens is 444 g/mol. The first kappa shape index (κ1) is 32.0. The van der Waals surface area contributed by atoms with Gasteiger partial charge in [0.2, 0.25) is 5.91 Å². The molecule has 12 N–H and O–H groups in total. The van der Waals surface area contributed by atoms with Gasteiger partial charge in [0, 0.05) is 12.1 Å². The van der Waals surface area contributed by atoms with Gasteiger partial charge in [-0.05, 0) is 40.0 Å². The molecule has 198 valence electrons. The van der Waals surface area contributed by atoms with E-state index in [9.17, 15) is 45.6 Å². The highest BCUT2D eigenvalue weighted by Crippen LogP contribution is 2.14. The molecule has 0 radical (unpaired) electrons. The number of hydrogen-bond acceptors (Lipinski definition) is 12. The van der Waals surface area contributed by atoms with E-state index >= 15 is 0 Å². The second-order valence-electron chi connectivity index (χ2n) is 9.22. The SMILES string of the molecule is CC(C)(C)NC(CCC[C@H](O)[C@@H](O)[C@H](O)[C@H](O)CO)C(=O)NC[C@H](O)[C@@H](O)[C@H](O)[C@H](O)CO. The van der Waals surface area contributed by atoms with Crippen LogP contribution in [0.3, 0.4) is 0 Å². The van der Waals surface area contributed by atoms with Crippen LogP contribution in [0.2, 0.25) is 0 Å². The minimum absolute atomic E-state index is 0.0292. The zero-order valence-corrected chi connectivity index (χ0v) is 19.3. The van der Waals surface area contributed by atoms with Crippen LogP contribution < -0.4 is 10.6 Å².